The molecular formula is C14H10Cl2FNO2. The van der Waals surface area contributed by atoms with E-state index in [-0.39, 0.29) is 16.3 Å². The molecule has 1 amide bonds. The van der Waals surface area contributed by atoms with Crippen molar-refractivity contribution in [3.05, 3.63) is 57.8 Å². The minimum absolute atomic E-state index is 0.0291. The van der Waals surface area contributed by atoms with E-state index in [0.29, 0.717) is 10.8 Å². The zero-order chi connectivity index (χ0) is 14.7. The molecule has 1 N–H and O–H groups in total. The quantitative estimate of drug-likeness (QED) is 0.912. The highest BCUT2D eigenvalue weighted by Crippen LogP contribution is 2.25. The first-order valence-corrected chi connectivity index (χ1v) is 6.37. The molecule has 0 heterocycles. The first kappa shape index (κ1) is 14.6. The van der Waals surface area contributed by atoms with Gasteiger partial charge in [0.15, 0.2) is 0 Å². The lowest BCUT2D eigenvalue weighted by Gasteiger charge is -2.10. The van der Waals surface area contributed by atoms with E-state index in [9.17, 15) is 9.18 Å². The fourth-order valence-corrected chi connectivity index (χ4v) is 1.97. The van der Waals surface area contributed by atoms with Crippen molar-refractivity contribution in [1.82, 2.24) is 0 Å². The normalized spacial score (nSPS) is 10.2. The number of hydrogen-bond donors (Lipinski definition) is 1. The third kappa shape index (κ3) is 3.21. The Labute approximate surface area is 125 Å². The molecule has 2 aromatic carbocycles. The summed E-state index contributed by atoms with van der Waals surface area (Å²) in [5, 5.41) is 3.08. The molecule has 0 saturated heterocycles. The molecule has 0 aliphatic carbocycles. The summed E-state index contributed by atoms with van der Waals surface area (Å²) < 4.78 is 18.7. The van der Waals surface area contributed by atoms with Crippen molar-refractivity contribution in [1.29, 1.82) is 0 Å². The number of anilines is 1. The summed E-state index contributed by atoms with van der Waals surface area (Å²) >= 11 is 11.5. The van der Waals surface area contributed by atoms with Crippen molar-refractivity contribution in [2.75, 3.05) is 12.4 Å². The topological polar surface area (TPSA) is 38.3 Å². The maximum atomic E-state index is 13.6. The molecule has 20 heavy (non-hydrogen) atoms. The lowest BCUT2D eigenvalue weighted by Crippen LogP contribution is -2.14. The first-order valence-electron chi connectivity index (χ1n) is 5.61. The Morgan fingerprint density at radius 3 is 2.45 bits per heavy atom. The van der Waals surface area contributed by atoms with Crippen molar-refractivity contribution in [2.24, 2.45) is 0 Å². The highest BCUT2D eigenvalue weighted by molar-refractivity contribution is 6.31. The molecular weight excluding hydrogens is 304 g/mol. The fraction of sp³-hybridized carbons (Fsp3) is 0.0714. The summed E-state index contributed by atoms with van der Waals surface area (Å²) in [5.41, 5.74) is 0.246. The van der Waals surface area contributed by atoms with E-state index in [1.54, 1.807) is 12.1 Å². The van der Waals surface area contributed by atoms with Crippen LogP contribution in [0.4, 0.5) is 10.1 Å². The predicted molar refractivity (Wildman–Crippen MR) is 77.4 cm³/mol. The molecule has 0 radical (unpaired) electrons. The standard InChI is InChI=1S/C14H10Cl2FNO2/c1-20-13-5-3-8(15)6-10(13)14(19)18-12-4-2-9(16)7-11(12)17/h2-7H,1H3,(H,18,19). The van der Waals surface area contributed by atoms with Gasteiger partial charge in [-0.3, -0.25) is 4.79 Å². The number of carbonyl (C=O) groups is 1. The van der Waals surface area contributed by atoms with Crippen LogP contribution in [0.2, 0.25) is 10.0 Å². The van der Waals surface area contributed by atoms with E-state index in [2.05, 4.69) is 5.32 Å². The van der Waals surface area contributed by atoms with Crippen LogP contribution < -0.4 is 10.1 Å². The zero-order valence-corrected chi connectivity index (χ0v) is 11.9. The van der Waals surface area contributed by atoms with Gasteiger partial charge in [-0.2, -0.15) is 0 Å². The molecule has 0 atom stereocenters. The molecule has 0 aliphatic heterocycles. The third-order valence-corrected chi connectivity index (χ3v) is 3.06. The maximum absolute atomic E-state index is 13.6. The molecule has 0 aromatic heterocycles. The number of rotatable bonds is 3. The average Bonchev–Trinajstić information content (AvgIpc) is 2.41. The molecule has 0 spiro atoms. The summed E-state index contributed by atoms with van der Waals surface area (Å²) in [6.45, 7) is 0. The lowest BCUT2D eigenvalue weighted by molar-refractivity contribution is 0.102. The molecule has 0 fully saturated rings. The summed E-state index contributed by atoms with van der Waals surface area (Å²) in [6, 6.07) is 8.59. The van der Waals surface area contributed by atoms with E-state index in [0.717, 1.165) is 6.07 Å². The van der Waals surface area contributed by atoms with Gasteiger partial charge in [-0.15, -0.1) is 0 Å². The largest absolute Gasteiger partial charge is 0.496 e. The molecule has 6 heteroatoms. The van der Waals surface area contributed by atoms with E-state index in [1.807, 2.05) is 0 Å². The van der Waals surface area contributed by atoms with Crippen LogP contribution in [0.5, 0.6) is 5.75 Å². The second-order valence-electron chi connectivity index (χ2n) is 3.92. The number of ether oxygens (including phenoxy) is 1. The summed E-state index contributed by atoms with van der Waals surface area (Å²) in [4.78, 5) is 12.1. The Hall–Kier alpha value is -1.78. The predicted octanol–water partition coefficient (Wildman–Crippen LogP) is 4.39. The molecule has 0 saturated carbocycles. The Kier molecular flexibility index (Phi) is 4.47. The Morgan fingerprint density at radius 2 is 1.80 bits per heavy atom. The highest BCUT2D eigenvalue weighted by Gasteiger charge is 2.15. The van der Waals surface area contributed by atoms with Crippen LogP contribution in [0.3, 0.4) is 0 Å². The van der Waals surface area contributed by atoms with E-state index >= 15 is 0 Å². The van der Waals surface area contributed by atoms with Gasteiger partial charge in [0.25, 0.3) is 5.91 Å². The number of benzene rings is 2. The third-order valence-electron chi connectivity index (χ3n) is 2.59. The van der Waals surface area contributed by atoms with Gasteiger partial charge < -0.3 is 10.1 Å². The van der Waals surface area contributed by atoms with Crippen LogP contribution in [0.1, 0.15) is 10.4 Å². The smallest absolute Gasteiger partial charge is 0.259 e. The molecule has 2 rings (SSSR count). The van der Waals surface area contributed by atoms with Crippen molar-refractivity contribution >= 4 is 34.8 Å². The molecule has 0 unspecified atom stereocenters. The monoisotopic (exact) mass is 313 g/mol. The van der Waals surface area contributed by atoms with Crippen LogP contribution in [0.25, 0.3) is 0 Å². The molecule has 0 aliphatic rings. The van der Waals surface area contributed by atoms with Crippen LogP contribution >= 0.6 is 23.2 Å². The zero-order valence-electron chi connectivity index (χ0n) is 10.4. The van der Waals surface area contributed by atoms with Gasteiger partial charge in [0.05, 0.1) is 18.4 Å². The second-order valence-corrected chi connectivity index (χ2v) is 4.80. The molecule has 0 bridgehead atoms. The number of hydrogen-bond acceptors (Lipinski definition) is 2. The Morgan fingerprint density at radius 1 is 1.15 bits per heavy atom. The maximum Gasteiger partial charge on any atom is 0.259 e. The lowest BCUT2D eigenvalue weighted by atomic mass is 10.2. The Bertz CT molecular complexity index is 662. The van der Waals surface area contributed by atoms with Crippen LogP contribution in [0.15, 0.2) is 36.4 Å². The van der Waals surface area contributed by atoms with Crippen LogP contribution in [-0.2, 0) is 0 Å². The van der Waals surface area contributed by atoms with Crippen molar-refractivity contribution in [3.63, 3.8) is 0 Å². The van der Waals surface area contributed by atoms with E-state index < -0.39 is 11.7 Å². The fourth-order valence-electron chi connectivity index (χ4n) is 1.64. The van der Waals surface area contributed by atoms with E-state index in [4.69, 9.17) is 27.9 Å². The molecule has 104 valence electrons. The molecule has 2 aromatic rings. The van der Waals surface area contributed by atoms with Crippen molar-refractivity contribution in [3.8, 4) is 5.75 Å². The average molecular weight is 314 g/mol. The molecule has 3 nitrogen and oxygen atoms in total. The number of amides is 1. The minimum Gasteiger partial charge on any atom is -0.496 e. The van der Waals surface area contributed by atoms with Gasteiger partial charge in [0.1, 0.15) is 11.6 Å². The van der Waals surface area contributed by atoms with Crippen molar-refractivity contribution < 1.29 is 13.9 Å². The van der Waals surface area contributed by atoms with Gasteiger partial charge in [0, 0.05) is 10.0 Å². The number of methoxy groups -OCH3 is 1. The van der Waals surface area contributed by atoms with Crippen LogP contribution in [-0.4, -0.2) is 13.0 Å². The van der Waals surface area contributed by atoms with Crippen molar-refractivity contribution in [2.45, 2.75) is 0 Å². The second kappa shape index (κ2) is 6.11. The van der Waals surface area contributed by atoms with Gasteiger partial charge in [-0.1, -0.05) is 23.2 Å². The number of nitrogens with one attached hydrogen (secondary N) is 1. The summed E-state index contributed by atoms with van der Waals surface area (Å²) in [7, 11) is 1.43. The van der Waals surface area contributed by atoms with Gasteiger partial charge >= 0.3 is 0 Å². The minimum atomic E-state index is -0.619. The van der Waals surface area contributed by atoms with Gasteiger partial charge in [-0.05, 0) is 36.4 Å². The van der Waals surface area contributed by atoms with Gasteiger partial charge in [-0.25, -0.2) is 4.39 Å². The number of halogens is 3. The first-order chi connectivity index (χ1) is 9.51. The van der Waals surface area contributed by atoms with Gasteiger partial charge in [0.2, 0.25) is 0 Å². The van der Waals surface area contributed by atoms with Crippen LogP contribution in [0, 0.1) is 5.82 Å². The summed E-state index contributed by atoms with van der Waals surface area (Å²) in [5.74, 6) is -0.793. The Balaban J connectivity index is 2.30. The number of carbonyl (C=O) groups excluding carboxylic acids is 1. The highest BCUT2D eigenvalue weighted by atomic mass is 35.5. The van der Waals surface area contributed by atoms with E-state index in [1.165, 1.54) is 25.3 Å². The summed E-state index contributed by atoms with van der Waals surface area (Å²) in [6.07, 6.45) is 0. The SMILES string of the molecule is COc1ccc(Cl)cc1C(=O)Nc1ccc(Cl)cc1F.